The van der Waals surface area contributed by atoms with E-state index in [1.807, 2.05) is 6.07 Å². The fourth-order valence-corrected chi connectivity index (χ4v) is 6.25. The Morgan fingerprint density at radius 3 is 2.47 bits per heavy atom. The first-order valence-corrected chi connectivity index (χ1v) is 13.6. The molecule has 1 heterocycles. The summed E-state index contributed by atoms with van der Waals surface area (Å²) in [7, 11) is 4.61. The molecular weight excluding hydrogens is 517 g/mol. The summed E-state index contributed by atoms with van der Waals surface area (Å²) in [6, 6.07) is 18.2. The van der Waals surface area contributed by atoms with Crippen LogP contribution in [0.25, 0.3) is 10.8 Å². The van der Waals surface area contributed by atoms with E-state index in [0.29, 0.717) is 22.8 Å². The number of hydrogen-bond acceptors (Lipinski definition) is 10. The Kier molecular flexibility index (Phi) is 9.04. The molecule has 8 nitrogen and oxygen atoms in total. The van der Waals surface area contributed by atoms with Gasteiger partial charge in [0, 0.05) is 11.3 Å². The van der Waals surface area contributed by atoms with E-state index in [4.69, 9.17) is 14.2 Å². The number of methoxy groups -OCH3 is 3. The van der Waals surface area contributed by atoms with Crippen molar-refractivity contribution in [2.75, 3.05) is 27.1 Å². The van der Waals surface area contributed by atoms with Crippen LogP contribution in [0.5, 0.6) is 17.2 Å². The predicted octanol–water partition coefficient (Wildman–Crippen LogP) is 5.25. The normalized spacial score (nSPS) is 11.1. The van der Waals surface area contributed by atoms with E-state index in [0.717, 1.165) is 14.4 Å². The third-order valence-corrected chi connectivity index (χ3v) is 8.31. The number of thioether (sulfide) groups is 2. The molecule has 0 atom stereocenters. The van der Waals surface area contributed by atoms with Crippen molar-refractivity contribution in [3.63, 3.8) is 0 Å². The number of hydrogen-bond donors (Lipinski definition) is 1. The number of amides is 1. The lowest BCUT2D eigenvalue weighted by Crippen LogP contribution is -2.19. The molecule has 0 bridgehead atoms. The Labute approximate surface area is 221 Å². The van der Waals surface area contributed by atoms with E-state index in [9.17, 15) is 4.79 Å². The lowest BCUT2D eigenvalue weighted by Gasteiger charge is -2.13. The van der Waals surface area contributed by atoms with Gasteiger partial charge in [0.2, 0.25) is 5.75 Å². The lowest BCUT2D eigenvalue weighted by molar-refractivity contribution is -0.118. The highest BCUT2D eigenvalue weighted by Gasteiger charge is 2.15. The highest BCUT2D eigenvalue weighted by atomic mass is 32.2. The number of fused-ring (bicyclic) bond motifs is 1. The molecule has 1 N–H and O–H groups in total. The van der Waals surface area contributed by atoms with Crippen molar-refractivity contribution in [1.82, 2.24) is 15.6 Å². The summed E-state index contributed by atoms with van der Waals surface area (Å²) in [6.45, 7) is 0. The molecule has 186 valence electrons. The molecule has 0 saturated heterocycles. The number of carbonyl (C=O) groups excluding carboxylic acids is 1. The Morgan fingerprint density at radius 1 is 0.944 bits per heavy atom. The Hall–Kier alpha value is -3.28. The van der Waals surface area contributed by atoms with Crippen molar-refractivity contribution < 1.29 is 19.0 Å². The Bertz CT molecular complexity index is 1370. The average molecular weight is 541 g/mol. The summed E-state index contributed by atoms with van der Waals surface area (Å²) in [4.78, 5) is 12.3. The average Bonchev–Trinajstić information content (AvgIpc) is 3.38. The molecule has 1 amide bonds. The molecular formula is C25H24N4O4S3. The minimum absolute atomic E-state index is 0.170. The van der Waals surface area contributed by atoms with E-state index < -0.39 is 0 Å². The largest absolute Gasteiger partial charge is 0.493 e. The molecule has 4 aromatic rings. The molecule has 0 radical (unpaired) electrons. The summed E-state index contributed by atoms with van der Waals surface area (Å²) in [5.74, 6) is 2.18. The standard InChI is InChI=1S/C25H24N4O4S3/c1-31-20-12-11-17(22(32-2)23(20)33-3)13-26-27-21(30)15-35-25-29-28-24(36-25)34-14-18-9-6-8-16-7-4-5-10-19(16)18/h4-13H,14-15H2,1-3H3,(H,27,30)/b26-13+. The molecule has 0 aliphatic rings. The van der Waals surface area contributed by atoms with Gasteiger partial charge in [-0.3, -0.25) is 4.79 Å². The number of carbonyl (C=O) groups is 1. The van der Waals surface area contributed by atoms with Crippen molar-refractivity contribution in [2.24, 2.45) is 5.10 Å². The molecule has 0 aliphatic carbocycles. The topological polar surface area (TPSA) is 94.9 Å². The van der Waals surface area contributed by atoms with Crippen LogP contribution in [0, 0.1) is 0 Å². The number of nitrogens with zero attached hydrogens (tertiary/aromatic N) is 3. The second kappa shape index (κ2) is 12.6. The van der Waals surface area contributed by atoms with Gasteiger partial charge in [0.15, 0.2) is 20.2 Å². The van der Waals surface area contributed by atoms with Crippen LogP contribution in [-0.2, 0) is 10.5 Å². The van der Waals surface area contributed by atoms with Crippen molar-refractivity contribution in [3.05, 3.63) is 65.7 Å². The van der Waals surface area contributed by atoms with E-state index in [-0.39, 0.29) is 11.7 Å². The van der Waals surface area contributed by atoms with Crippen LogP contribution in [-0.4, -0.2) is 49.4 Å². The molecule has 1 aromatic heterocycles. The van der Waals surface area contributed by atoms with Gasteiger partial charge in [-0.1, -0.05) is 77.3 Å². The summed E-state index contributed by atoms with van der Waals surface area (Å²) in [6.07, 6.45) is 1.50. The fourth-order valence-electron chi connectivity index (χ4n) is 3.43. The van der Waals surface area contributed by atoms with E-state index in [1.165, 1.54) is 59.9 Å². The lowest BCUT2D eigenvalue weighted by atomic mass is 10.1. The molecule has 0 saturated carbocycles. The van der Waals surface area contributed by atoms with Gasteiger partial charge >= 0.3 is 0 Å². The van der Waals surface area contributed by atoms with E-state index in [1.54, 1.807) is 31.0 Å². The Morgan fingerprint density at radius 2 is 1.69 bits per heavy atom. The monoisotopic (exact) mass is 540 g/mol. The van der Waals surface area contributed by atoms with Gasteiger partial charge in [-0.25, -0.2) is 5.43 Å². The van der Waals surface area contributed by atoms with Gasteiger partial charge in [0.25, 0.3) is 5.91 Å². The zero-order valence-corrected chi connectivity index (χ0v) is 22.3. The maximum Gasteiger partial charge on any atom is 0.250 e. The third kappa shape index (κ3) is 6.28. The van der Waals surface area contributed by atoms with Crippen molar-refractivity contribution in [1.29, 1.82) is 0 Å². The second-order valence-electron chi connectivity index (χ2n) is 7.27. The number of aromatic nitrogens is 2. The van der Waals surface area contributed by atoms with Crippen molar-refractivity contribution >= 4 is 57.8 Å². The second-order valence-corrected chi connectivity index (χ2v) is 10.7. The van der Waals surface area contributed by atoms with Gasteiger partial charge in [-0.15, -0.1) is 10.2 Å². The Balaban J connectivity index is 1.28. The zero-order chi connectivity index (χ0) is 25.3. The number of nitrogens with one attached hydrogen (secondary N) is 1. The smallest absolute Gasteiger partial charge is 0.250 e. The van der Waals surface area contributed by atoms with Gasteiger partial charge < -0.3 is 14.2 Å². The van der Waals surface area contributed by atoms with Gasteiger partial charge in [0.1, 0.15) is 0 Å². The molecule has 3 aromatic carbocycles. The van der Waals surface area contributed by atoms with Crippen LogP contribution in [0.3, 0.4) is 0 Å². The van der Waals surface area contributed by atoms with Crippen LogP contribution in [0.4, 0.5) is 0 Å². The summed E-state index contributed by atoms with van der Waals surface area (Å²) < 4.78 is 17.6. The molecule has 0 aliphatic heterocycles. The SMILES string of the molecule is COc1ccc(/C=N/NC(=O)CSc2nnc(SCc3cccc4ccccc34)s2)c(OC)c1OC. The van der Waals surface area contributed by atoms with Crippen molar-refractivity contribution in [2.45, 2.75) is 14.4 Å². The zero-order valence-electron chi connectivity index (χ0n) is 19.9. The summed E-state index contributed by atoms with van der Waals surface area (Å²) in [5.41, 5.74) is 4.42. The van der Waals surface area contributed by atoms with Gasteiger partial charge in [0.05, 0.1) is 33.3 Å². The summed E-state index contributed by atoms with van der Waals surface area (Å²) in [5, 5.41) is 15.0. The third-order valence-electron chi connectivity index (χ3n) is 5.07. The van der Waals surface area contributed by atoms with Crippen molar-refractivity contribution in [3.8, 4) is 17.2 Å². The van der Waals surface area contributed by atoms with Gasteiger partial charge in [-0.05, 0) is 28.5 Å². The first-order chi connectivity index (χ1) is 17.6. The number of hydrazone groups is 1. The maximum absolute atomic E-state index is 12.3. The van der Waals surface area contributed by atoms with Crippen LogP contribution in [0.2, 0.25) is 0 Å². The minimum Gasteiger partial charge on any atom is -0.493 e. The van der Waals surface area contributed by atoms with E-state index >= 15 is 0 Å². The predicted molar refractivity (Wildman–Crippen MR) is 146 cm³/mol. The summed E-state index contributed by atoms with van der Waals surface area (Å²) >= 11 is 4.44. The van der Waals surface area contributed by atoms with Crippen LogP contribution >= 0.6 is 34.9 Å². The minimum atomic E-state index is -0.254. The number of benzene rings is 3. The highest BCUT2D eigenvalue weighted by molar-refractivity contribution is 8.03. The molecule has 0 fully saturated rings. The number of rotatable bonds is 11. The molecule has 4 rings (SSSR count). The van der Waals surface area contributed by atoms with E-state index in [2.05, 4.69) is 57.1 Å². The maximum atomic E-state index is 12.3. The number of ether oxygens (including phenoxy) is 3. The molecule has 36 heavy (non-hydrogen) atoms. The van der Waals surface area contributed by atoms with Crippen LogP contribution < -0.4 is 19.6 Å². The molecule has 0 unspecified atom stereocenters. The van der Waals surface area contributed by atoms with Crippen LogP contribution in [0.1, 0.15) is 11.1 Å². The van der Waals surface area contributed by atoms with Crippen LogP contribution in [0.15, 0.2) is 68.4 Å². The van der Waals surface area contributed by atoms with Gasteiger partial charge in [-0.2, -0.15) is 5.10 Å². The first kappa shape index (κ1) is 25.8. The highest BCUT2D eigenvalue weighted by Crippen LogP contribution is 2.39. The molecule has 0 spiro atoms. The molecule has 11 heteroatoms. The quantitative estimate of drug-likeness (QED) is 0.157. The fraction of sp³-hybridized carbons (Fsp3) is 0.200. The first-order valence-electron chi connectivity index (χ1n) is 10.8.